The zero-order valence-corrected chi connectivity index (χ0v) is 24.3. The zero-order chi connectivity index (χ0) is 29.3. The van der Waals surface area contributed by atoms with E-state index in [1.54, 1.807) is 16.9 Å². The second-order valence-electron chi connectivity index (χ2n) is 11.4. The molecule has 2 N–H and O–H groups in total. The van der Waals surface area contributed by atoms with Crippen LogP contribution in [0.15, 0.2) is 97.5 Å². The summed E-state index contributed by atoms with van der Waals surface area (Å²) in [5.74, 6) is 1.34. The van der Waals surface area contributed by atoms with Crippen molar-refractivity contribution < 1.29 is 9.53 Å². The lowest BCUT2D eigenvalue weighted by Gasteiger charge is -2.21. The molecule has 0 radical (unpaired) electrons. The SMILES string of the molecule is Cc1ccc(C(C)(C)C)cc1-n1nccc1NC(=O)Nc1ccc(OCCn2cnc3ccccc32)c2ccccc12. The first-order chi connectivity index (χ1) is 20.3. The Bertz CT molecular complexity index is 1900. The van der Waals surface area contributed by atoms with Gasteiger partial charge in [0.1, 0.15) is 18.2 Å². The minimum Gasteiger partial charge on any atom is -0.491 e. The van der Waals surface area contributed by atoms with Crippen LogP contribution in [0.3, 0.4) is 0 Å². The number of para-hydroxylation sites is 2. The summed E-state index contributed by atoms with van der Waals surface area (Å²) in [6.45, 7) is 9.74. The monoisotopic (exact) mass is 558 g/mol. The van der Waals surface area contributed by atoms with Gasteiger partial charge in [-0.15, -0.1) is 0 Å². The third-order valence-electron chi connectivity index (χ3n) is 7.44. The number of amides is 2. The second-order valence-corrected chi connectivity index (χ2v) is 11.4. The van der Waals surface area contributed by atoms with Crippen LogP contribution < -0.4 is 15.4 Å². The number of anilines is 2. The summed E-state index contributed by atoms with van der Waals surface area (Å²) in [7, 11) is 0. The Morgan fingerprint density at radius 3 is 2.52 bits per heavy atom. The number of carbonyl (C=O) groups excluding carboxylic acids is 1. The average Bonchev–Trinajstić information content (AvgIpc) is 3.61. The summed E-state index contributed by atoms with van der Waals surface area (Å²) < 4.78 is 10.1. The van der Waals surface area contributed by atoms with Gasteiger partial charge in [-0.3, -0.25) is 5.32 Å². The van der Waals surface area contributed by atoms with Crippen LogP contribution in [0.5, 0.6) is 5.75 Å². The molecule has 0 bridgehead atoms. The van der Waals surface area contributed by atoms with Gasteiger partial charge in [-0.25, -0.2) is 14.5 Å². The minimum absolute atomic E-state index is 0.00857. The van der Waals surface area contributed by atoms with Gasteiger partial charge >= 0.3 is 6.03 Å². The molecule has 0 saturated carbocycles. The number of ether oxygens (including phenoxy) is 1. The number of urea groups is 1. The quantitative estimate of drug-likeness (QED) is 0.210. The van der Waals surface area contributed by atoms with Crippen molar-refractivity contribution in [2.45, 2.75) is 39.7 Å². The number of hydrogen-bond acceptors (Lipinski definition) is 4. The Kier molecular flexibility index (Phi) is 7.12. The summed E-state index contributed by atoms with van der Waals surface area (Å²) in [5, 5.41) is 12.3. The Morgan fingerprint density at radius 2 is 1.69 bits per heavy atom. The molecule has 2 heterocycles. The van der Waals surface area contributed by atoms with E-state index in [9.17, 15) is 4.79 Å². The Balaban J connectivity index is 1.18. The lowest BCUT2D eigenvalue weighted by atomic mass is 9.86. The van der Waals surface area contributed by atoms with E-state index in [-0.39, 0.29) is 11.4 Å². The van der Waals surface area contributed by atoms with Crippen molar-refractivity contribution in [1.82, 2.24) is 19.3 Å². The number of fused-ring (bicyclic) bond motifs is 2. The maximum absolute atomic E-state index is 13.2. The molecule has 212 valence electrons. The molecule has 6 rings (SSSR count). The van der Waals surface area contributed by atoms with Crippen molar-refractivity contribution >= 4 is 39.3 Å². The van der Waals surface area contributed by atoms with Crippen molar-refractivity contribution in [3.8, 4) is 11.4 Å². The largest absolute Gasteiger partial charge is 0.491 e. The lowest BCUT2D eigenvalue weighted by Crippen LogP contribution is -2.22. The second kappa shape index (κ2) is 11.0. The summed E-state index contributed by atoms with van der Waals surface area (Å²) in [6, 6.07) is 27.5. The summed E-state index contributed by atoms with van der Waals surface area (Å²) in [4.78, 5) is 17.7. The molecule has 6 aromatic rings. The van der Waals surface area contributed by atoms with Crippen molar-refractivity contribution in [3.05, 3.63) is 109 Å². The van der Waals surface area contributed by atoms with Crippen LogP contribution in [0.25, 0.3) is 27.5 Å². The van der Waals surface area contributed by atoms with E-state index >= 15 is 0 Å². The van der Waals surface area contributed by atoms with Crippen LogP contribution in [0.4, 0.5) is 16.3 Å². The van der Waals surface area contributed by atoms with E-state index in [1.807, 2.05) is 67.8 Å². The van der Waals surface area contributed by atoms with Gasteiger partial charge in [0, 0.05) is 16.8 Å². The topological polar surface area (TPSA) is 86.0 Å². The Labute approximate surface area is 245 Å². The number of hydrogen-bond donors (Lipinski definition) is 2. The first kappa shape index (κ1) is 27.1. The number of aromatic nitrogens is 4. The molecule has 0 aliphatic rings. The van der Waals surface area contributed by atoms with E-state index < -0.39 is 0 Å². The van der Waals surface area contributed by atoms with Gasteiger partial charge in [-0.2, -0.15) is 5.10 Å². The number of nitrogens with one attached hydrogen (secondary N) is 2. The smallest absolute Gasteiger partial charge is 0.324 e. The summed E-state index contributed by atoms with van der Waals surface area (Å²) in [6.07, 6.45) is 3.53. The van der Waals surface area contributed by atoms with E-state index in [4.69, 9.17) is 4.74 Å². The maximum atomic E-state index is 13.2. The number of carbonyl (C=O) groups is 1. The highest BCUT2D eigenvalue weighted by Crippen LogP contribution is 2.32. The number of nitrogens with zero attached hydrogens (tertiary/aromatic N) is 4. The minimum atomic E-state index is -0.354. The number of imidazole rings is 1. The predicted molar refractivity (Wildman–Crippen MR) is 169 cm³/mol. The van der Waals surface area contributed by atoms with E-state index in [1.165, 1.54) is 5.56 Å². The molecule has 2 amide bonds. The van der Waals surface area contributed by atoms with Crippen LogP contribution >= 0.6 is 0 Å². The molecule has 0 aliphatic carbocycles. The van der Waals surface area contributed by atoms with Crippen LogP contribution in [0, 0.1) is 6.92 Å². The summed E-state index contributed by atoms with van der Waals surface area (Å²) in [5.41, 5.74) is 5.92. The van der Waals surface area contributed by atoms with Gasteiger partial charge in [-0.1, -0.05) is 69.3 Å². The molecular formula is C34H34N6O2. The summed E-state index contributed by atoms with van der Waals surface area (Å²) >= 11 is 0. The lowest BCUT2D eigenvalue weighted by molar-refractivity contribution is 0.262. The van der Waals surface area contributed by atoms with Gasteiger partial charge in [0.25, 0.3) is 0 Å². The predicted octanol–water partition coefficient (Wildman–Crippen LogP) is 7.70. The van der Waals surface area contributed by atoms with E-state index in [0.717, 1.165) is 38.8 Å². The molecule has 4 aromatic carbocycles. The molecule has 2 aromatic heterocycles. The van der Waals surface area contributed by atoms with Crippen molar-refractivity contribution in [2.24, 2.45) is 0 Å². The van der Waals surface area contributed by atoms with Gasteiger partial charge in [0.2, 0.25) is 0 Å². The van der Waals surface area contributed by atoms with Crippen LogP contribution in [-0.2, 0) is 12.0 Å². The molecule has 0 aliphatic heterocycles. The van der Waals surface area contributed by atoms with Gasteiger partial charge in [0.05, 0.1) is 41.5 Å². The zero-order valence-electron chi connectivity index (χ0n) is 24.3. The highest BCUT2D eigenvalue weighted by Gasteiger charge is 2.18. The Hall–Kier alpha value is -5.11. The Morgan fingerprint density at radius 1 is 0.905 bits per heavy atom. The van der Waals surface area contributed by atoms with Crippen LogP contribution in [0.2, 0.25) is 0 Å². The molecule has 0 saturated heterocycles. The molecule has 0 atom stereocenters. The van der Waals surface area contributed by atoms with Crippen molar-refractivity contribution in [1.29, 1.82) is 0 Å². The molecular weight excluding hydrogens is 524 g/mol. The van der Waals surface area contributed by atoms with Crippen molar-refractivity contribution in [3.63, 3.8) is 0 Å². The number of rotatable bonds is 7. The normalized spacial score (nSPS) is 11.6. The molecule has 8 heteroatoms. The van der Waals surface area contributed by atoms with Gasteiger partial charge in [0.15, 0.2) is 0 Å². The molecule has 0 spiro atoms. The molecule has 42 heavy (non-hydrogen) atoms. The first-order valence-corrected chi connectivity index (χ1v) is 14.1. The van der Waals surface area contributed by atoms with E-state index in [2.05, 4.69) is 70.3 Å². The first-order valence-electron chi connectivity index (χ1n) is 14.1. The van der Waals surface area contributed by atoms with E-state index in [0.29, 0.717) is 24.7 Å². The molecule has 0 unspecified atom stereocenters. The molecule has 8 nitrogen and oxygen atoms in total. The van der Waals surface area contributed by atoms with Gasteiger partial charge in [-0.05, 0) is 53.8 Å². The maximum Gasteiger partial charge on any atom is 0.324 e. The third kappa shape index (κ3) is 5.43. The van der Waals surface area contributed by atoms with Crippen LogP contribution in [0.1, 0.15) is 31.9 Å². The fourth-order valence-corrected chi connectivity index (χ4v) is 5.11. The fraction of sp³-hybridized carbons (Fsp3) is 0.206. The fourth-order valence-electron chi connectivity index (χ4n) is 5.11. The third-order valence-corrected chi connectivity index (χ3v) is 7.44. The highest BCUT2D eigenvalue weighted by molar-refractivity contribution is 6.07. The molecule has 0 fully saturated rings. The van der Waals surface area contributed by atoms with Crippen molar-refractivity contribution in [2.75, 3.05) is 17.2 Å². The van der Waals surface area contributed by atoms with Gasteiger partial charge < -0.3 is 14.6 Å². The average molecular weight is 559 g/mol. The highest BCUT2D eigenvalue weighted by atomic mass is 16.5. The standard InChI is InChI=1S/C34H34N6O2/c1-23-13-14-24(34(2,3)4)21-30(23)40-32(17-18-36-40)38-33(41)37-27-15-16-31(26-10-6-5-9-25(26)27)42-20-19-39-22-35-28-11-7-8-12-29(28)39/h5-18,21-22H,19-20H2,1-4H3,(H2,37,38,41). The van der Waals surface area contributed by atoms with Crippen LogP contribution in [-0.4, -0.2) is 32.0 Å². The number of aryl methyl sites for hydroxylation is 1. The number of benzene rings is 4.